The summed E-state index contributed by atoms with van der Waals surface area (Å²) < 4.78 is 5.38. The van der Waals surface area contributed by atoms with Gasteiger partial charge < -0.3 is 15.2 Å². The van der Waals surface area contributed by atoms with Gasteiger partial charge in [-0.3, -0.25) is 0 Å². The smallest absolute Gasteiger partial charge is 0.119 e. The van der Waals surface area contributed by atoms with Crippen molar-refractivity contribution in [3.05, 3.63) is 65.7 Å². The molecule has 0 radical (unpaired) electrons. The molecule has 0 saturated heterocycles. The van der Waals surface area contributed by atoms with Crippen molar-refractivity contribution in [1.82, 2.24) is 5.32 Å². The number of benzene rings is 2. The van der Waals surface area contributed by atoms with E-state index < -0.39 is 0 Å². The minimum atomic E-state index is 0.0382. The Morgan fingerprint density at radius 3 is 2.42 bits per heavy atom. The Morgan fingerprint density at radius 1 is 0.895 bits per heavy atom. The molecular formula is C16H19NO2. The fourth-order valence-electron chi connectivity index (χ4n) is 1.86. The molecule has 100 valence electrons. The molecule has 2 rings (SSSR count). The van der Waals surface area contributed by atoms with Crippen LogP contribution in [-0.2, 0) is 13.1 Å². The summed E-state index contributed by atoms with van der Waals surface area (Å²) in [7, 11) is 0. The van der Waals surface area contributed by atoms with E-state index in [0.29, 0.717) is 6.61 Å². The van der Waals surface area contributed by atoms with Gasteiger partial charge in [0, 0.05) is 13.1 Å². The first-order valence-corrected chi connectivity index (χ1v) is 6.46. The molecule has 0 saturated carbocycles. The van der Waals surface area contributed by atoms with E-state index in [0.717, 1.165) is 18.8 Å². The third-order valence-electron chi connectivity index (χ3n) is 2.76. The number of rotatable bonds is 7. The van der Waals surface area contributed by atoms with Crippen LogP contribution in [0.15, 0.2) is 54.6 Å². The Labute approximate surface area is 113 Å². The molecule has 2 aromatic carbocycles. The van der Waals surface area contributed by atoms with Crippen LogP contribution in [0.1, 0.15) is 11.1 Å². The maximum Gasteiger partial charge on any atom is 0.119 e. The van der Waals surface area contributed by atoms with Crippen LogP contribution >= 0.6 is 0 Å². The van der Waals surface area contributed by atoms with Crippen molar-refractivity contribution in [2.45, 2.75) is 13.1 Å². The number of hydrogen-bond acceptors (Lipinski definition) is 3. The molecule has 0 bridgehead atoms. The first-order valence-electron chi connectivity index (χ1n) is 6.46. The molecule has 0 aromatic heterocycles. The SMILES string of the molecule is OCCOc1cccc(CNCc2ccccc2)c1. The zero-order valence-electron chi connectivity index (χ0n) is 10.9. The highest BCUT2D eigenvalue weighted by molar-refractivity contribution is 5.28. The van der Waals surface area contributed by atoms with Crippen molar-refractivity contribution in [2.75, 3.05) is 13.2 Å². The predicted molar refractivity (Wildman–Crippen MR) is 76.0 cm³/mol. The molecule has 2 aromatic rings. The fourth-order valence-corrected chi connectivity index (χ4v) is 1.86. The first-order chi connectivity index (χ1) is 9.38. The number of nitrogens with one attached hydrogen (secondary N) is 1. The largest absolute Gasteiger partial charge is 0.491 e. The lowest BCUT2D eigenvalue weighted by molar-refractivity contribution is 0.201. The number of aliphatic hydroxyl groups is 1. The highest BCUT2D eigenvalue weighted by Gasteiger charge is 1.97. The van der Waals surface area contributed by atoms with Crippen LogP contribution in [-0.4, -0.2) is 18.3 Å². The first kappa shape index (κ1) is 13.6. The molecule has 0 unspecified atom stereocenters. The third kappa shape index (κ3) is 4.73. The van der Waals surface area contributed by atoms with E-state index in [2.05, 4.69) is 23.5 Å². The van der Waals surface area contributed by atoms with Crippen LogP contribution in [0.5, 0.6) is 5.75 Å². The van der Waals surface area contributed by atoms with Crippen LogP contribution in [0, 0.1) is 0 Å². The maximum atomic E-state index is 8.73. The monoisotopic (exact) mass is 257 g/mol. The van der Waals surface area contributed by atoms with E-state index in [1.165, 1.54) is 11.1 Å². The van der Waals surface area contributed by atoms with Gasteiger partial charge in [-0.05, 0) is 23.3 Å². The number of hydrogen-bond donors (Lipinski definition) is 2. The molecule has 0 aliphatic rings. The van der Waals surface area contributed by atoms with Gasteiger partial charge in [0.05, 0.1) is 6.61 Å². The van der Waals surface area contributed by atoms with Gasteiger partial charge >= 0.3 is 0 Å². The lowest BCUT2D eigenvalue weighted by atomic mass is 10.2. The molecule has 3 heteroatoms. The Morgan fingerprint density at radius 2 is 1.63 bits per heavy atom. The Balaban J connectivity index is 1.82. The zero-order chi connectivity index (χ0) is 13.3. The van der Waals surface area contributed by atoms with Crippen LogP contribution in [0.2, 0.25) is 0 Å². The van der Waals surface area contributed by atoms with Crippen LogP contribution < -0.4 is 10.1 Å². The summed E-state index contributed by atoms with van der Waals surface area (Å²) in [5.74, 6) is 0.799. The maximum absolute atomic E-state index is 8.73. The van der Waals surface area contributed by atoms with E-state index >= 15 is 0 Å². The Kier molecular flexibility index (Phi) is 5.41. The standard InChI is InChI=1S/C16H19NO2/c18-9-10-19-16-8-4-7-15(11-16)13-17-12-14-5-2-1-3-6-14/h1-8,11,17-18H,9-10,12-13H2. The second kappa shape index (κ2) is 7.56. The summed E-state index contributed by atoms with van der Waals surface area (Å²) in [6, 6.07) is 18.2. The Hall–Kier alpha value is -1.84. The summed E-state index contributed by atoms with van der Waals surface area (Å²) >= 11 is 0. The normalized spacial score (nSPS) is 10.4. The van der Waals surface area contributed by atoms with Crippen LogP contribution in [0.4, 0.5) is 0 Å². The molecule has 0 aliphatic carbocycles. The quantitative estimate of drug-likeness (QED) is 0.800. The van der Waals surface area contributed by atoms with Gasteiger partial charge in [0.1, 0.15) is 12.4 Å². The van der Waals surface area contributed by atoms with E-state index in [1.54, 1.807) is 0 Å². The molecule has 19 heavy (non-hydrogen) atoms. The molecular weight excluding hydrogens is 238 g/mol. The highest BCUT2D eigenvalue weighted by Crippen LogP contribution is 2.13. The molecule has 2 N–H and O–H groups in total. The molecule has 0 spiro atoms. The van der Waals surface area contributed by atoms with Gasteiger partial charge in [-0.25, -0.2) is 0 Å². The number of ether oxygens (including phenoxy) is 1. The summed E-state index contributed by atoms with van der Waals surface area (Å²) in [5, 5.41) is 12.1. The fraction of sp³-hybridized carbons (Fsp3) is 0.250. The molecule has 0 atom stereocenters. The predicted octanol–water partition coefficient (Wildman–Crippen LogP) is 2.35. The minimum absolute atomic E-state index is 0.0382. The van der Waals surface area contributed by atoms with Gasteiger partial charge in [-0.1, -0.05) is 42.5 Å². The third-order valence-corrected chi connectivity index (χ3v) is 2.76. The molecule has 3 nitrogen and oxygen atoms in total. The topological polar surface area (TPSA) is 41.5 Å². The highest BCUT2D eigenvalue weighted by atomic mass is 16.5. The zero-order valence-corrected chi connectivity index (χ0v) is 10.9. The van der Waals surface area contributed by atoms with Crippen molar-refractivity contribution in [3.63, 3.8) is 0 Å². The van der Waals surface area contributed by atoms with Crippen molar-refractivity contribution in [3.8, 4) is 5.75 Å². The van der Waals surface area contributed by atoms with E-state index in [9.17, 15) is 0 Å². The average molecular weight is 257 g/mol. The van der Waals surface area contributed by atoms with E-state index in [1.807, 2.05) is 36.4 Å². The van der Waals surface area contributed by atoms with Gasteiger partial charge in [0.25, 0.3) is 0 Å². The second-order valence-electron chi connectivity index (χ2n) is 4.31. The average Bonchev–Trinajstić information content (AvgIpc) is 2.47. The van der Waals surface area contributed by atoms with E-state index in [-0.39, 0.29) is 6.61 Å². The van der Waals surface area contributed by atoms with Crippen molar-refractivity contribution in [1.29, 1.82) is 0 Å². The Bertz CT molecular complexity index is 485. The molecule has 0 amide bonds. The lowest BCUT2D eigenvalue weighted by Gasteiger charge is -2.08. The second-order valence-corrected chi connectivity index (χ2v) is 4.31. The summed E-state index contributed by atoms with van der Waals surface area (Å²) in [4.78, 5) is 0. The van der Waals surface area contributed by atoms with Crippen molar-refractivity contribution in [2.24, 2.45) is 0 Å². The van der Waals surface area contributed by atoms with E-state index in [4.69, 9.17) is 9.84 Å². The van der Waals surface area contributed by atoms with Crippen LogP contribution in [0.3, 0.4) is 0 Å². The summed E-state index contributed by atoms with van der Waals surface area (Å²) in [6.07, 6.45) is 0. The summed E-state index contributed by atoms with van der Waals surface area (Å²) in [5.41, 5.74) is 2.45. The lowest BCUT2D eigenvalue weighted by Crippen LogP contribution is -2.12. The molecule has 0 fully saturated rings. The van der Waals surface area contributed by atoms with Gasteiger partial charge in [-0.15, -0.1) is 0 Å². The molecule has 0 aliphatic heterocycles. The molecule has 0 heterocycles. The number of aliphatic hydroxyl groups excluding tert-OH is 1. The van der Waals surface area contributed by atoms with Crippen molar-refractivity contribution < 1.29 is 9.84 Å². The van der Waals surface area contributed by atoms with Crippen molar-refractivity contribution >= 4 is 0 Å². The summed E-state index contributed by atoms with van der Waals surface area (Å²) in [6.45, 7) is 2.02. The minimum Gasteiger partial charge on any atom is -0.491 e. The van der Waals surface area contributed by atoms with Gasteiger partial charge in [0.15, 0.2) is 0 Å². The van der Waals surface area contributed by atoms with Crippen LogP contribution in [0.25, 0.3) is 0 Å². The van der Waals surface area contributed by atoms with Gasteiger partial charge in [0.2, 0.25) is 0 Å². The van der Waals surface area contributed by atoms with Gasteiger partial charge in [-0.2, -0.15) is 0 Å².